The molecule has 0 atom stereocenters. The number of aromatic amines is 1. The maximum absolute atomic E-state index is 12.1. The van der Waals surface area contributed by atoms with Gasteiger partial charge in [0.15, 0.2) is 0 Å². The predicted molar refractivity (Wildman–Crippen MR) is 62.2 cm³/mol. The fourth-order valence-electron chi connectivity index (χ4n) is 1.37. The second-order valence-corrected chi connectivity index (χ2v) is 4.48. The summed E-state index contributed by atoms with van der Waals surface area (Å²) in [6.45, 7) is 0. The van der Waals surface area contributed by atoms with E-state index in [-0.39, 0.29) is 27.9 Å². The summed E-state index contributed by atoms with van der Waals surface area (Å²) in [5.74, 6) is 0. The molecule has 0 unspecified atom stereocenters. The molecule has 1 heterocycles. The Hall–Kier alpha value is -1.76. The average Bonchev–Trinajstić information content (AvgIpc) is 2.29. The van der Waals surface area contributed by atoms with Gasteiger partial charge in [-0.25, -0.2) is 4.98 Å². The van der Waals surface area contributed by atoms with Gasteiger partial charge in [0.2, 0.25) is 0 Å². The summed E-state index contributed by atoms with van der Waals surface area (Å²) in [6.07, 6.45) is 2.80. The SMILES string of the molecule is O=c1[nH]ccnc1-c1ccc(SC(F)(F)F)cc1. The Morgan fingerprint density at radius 2 is 1.83 bits per heavy atom. The molecule has 7 heteroatoms. The molecular weight excluding hydrogens is 265 g/mol. The van der Waals surface area contributed by atoms with Crippen molar-refractivity contribution >= 4 is 11.8 Å². The molecule has 1 aromatic heterocycles. The Balaban J connectivity index is 2.29. The van der Waals surface area contributed by atoms with Crippen molar-refractivity contribution in [2.45, 2.75) is 10.4 Å². The van der Waals surface area contributed by atoms with Crippen molar-refractivity contribution < 1.29 is 13.2 Å². The maximum Gasteiger partial charge on any atom is 0.446 e. The number of thioether (sulfide) groups is 1. The van der Waals surface area contributed by atoms with Crippen LogP contribution in [0.25, 0.3) is 11.3 Å². The molecule has 0 aliphatic heterocycles. The van der Waals surface area contributed by atoms with Crippen molar-refractivity contribution in [3.05, 3.63) is 47.0 Å². The number of alkyl halides is 3. The number of hydrogen-bond donors (Lipinski definition) is 1. The van der Waals surface area contributed by atoms with Crippen LogP contribution in [0.4, 0.5) is 13.2 Å². The van der Waals surface area contributed by atoms with Crippen LogP contribution in [0, 0.1) is 0 Å². The molecular formula is C11H7F3N2OS. The minimum Gasteiger partial charge on any atom is -0.326 e. The van der Waals surface area contributed by atoms with E-state index < -0.39 is 5.51 Å². The summed E-state index contributed by atoms with van der Waals surface area (Å²) < 4.78 is 36.4. The van der Waals surface area contributed by atoms with E-state index in [0.717, 1.165) is 0 Å². The van der Waals surface area contributed by atoms with Crippen LogP contribution in [0.3, 0.4) is 0 Å². The molecule has 3 nitrogen and oxygen atoms in total. The van der Waals surface area contributed by atoms with Gasteiger partial charge in [0.1, 0.15) is 5.69 Å². The van der Waals surface area contributed by atoms with Crippen LogP contribution in [0.15, 0.2) is 46.3 Å². The van der Waals surface area contributed by atoms with Gasteiger partial charge in [-0.3, -0.25) is 4.79 Å². The van der Waals surface area contributed by atoms with E-state index in [9.17, 15) is 18.0 Å². The standard InChI is InChI=1S/C11H7F3N2OS/c12-11(13,14)18-8-3-1-7(2-4-8)9-10(17)16-6-5-15-9/h1-6H,(H,16,17). The zero-order valence-electron chi connectivity index (χ0n) is 8.86. The number of nitrogens with one attached hydrogen (secondary N) is 1. The fourth-order valence-corrected chi connectivity index (χ4v) is 1.91. The molecule has 0 bridgehead atoms. The summed E-state index contributed by atoms with van der Waals surface area (Å²) >= 11 is -0.198. The highest BCUT2D eigenvalue weighted by molar-refractivity contribution is 8.00. The van der Waals surface area contributed by atoms with Crippen molar-refractivity contribution in [3.63, 3.8) is 0 Å². The minimum atomic E-state index is -4.32. The number of halogens is 3. The van der Waals surface area contributed by atoms with Gasteiger partial charge in [-0.15, -0.1) is 0 Å². The molecule has 0 fully saturated rings. The van der Waals surface area contributed by atoms with Crippen LogP contribution in [-0.2, 0) is 0 Å². The fraction of sp³-hybridized carbons (Fsp3) is 0.0909. The molecule has 0 spiro atoms. The highest BCUT2D eigenvalue weighted by atomic mass is 32.2. The van der Waals surface area contributed by atoms with E-state index in [4.69, 9.17) is 0 Å². The molecule has 1 aromatic carbocycles. The molecule has 0 saturated heterocycles. The van der Waals surface area contributed by atoms with Crippen molar-refractivity contribution in [2.75, 3.05) is 0 Å². The monoisotopic (exact) mass is 272 g/mol. The first-order chi connectivity index (χ1) is 8.46. The Morgan fingerprint density at radius 3 is 2.39 bits per heavy atom. The van der Waals surface area contributed by atoms with Gasteiger partial charge in [-0.2, -0.15) is 13.2 Å². The van der Waals surface area contributed by atoms with Gasteiger partial charge < -0.3 is 4.98 Å². The van der Waals surface area contributed by atoms with Gasteiger partial charge >= 0.3 is 5.51 Å². The third-order valence-electron chi connectivity index (χ3n) is 2.07. The summed E-state index contributed by atoms with van der Waals surface area (Å²) in [7, 11) is 0. The van der Waals surface area contributed by atoms with Gasteiger partial charge in [0.05, 0.1) is 0 Å². The average molecular weight is 272 g/mol. The van der Waals surface area contributed by atoms with Gasteiger partial charge in [-0.1, -0.05) is 12.1 Å². The molecule has 2 rings (SSSR count). The second kappa shape index (κ2) is 4.85. The normalized spacial score (nSPS) is 11.5. The van der Waals surface area contributed by atoms with E-state index in [1.807, 2.05) is 0 Å². The lowest BCUT2D eigenvalue weighted by atomic mass is 10.2. The van der Waals surface area contributed by atoms with E-state index >= 15 is 0 Å². The molecule has 0 amide bonds. The number of rotatable bonds is 2. The van der Waals surface area contributed by atoms with Crippen LogP contribution < -0.4 is 5.56 Å². The lowest BCUT2D eigenvalue weighted by Crippen LogP contribution is -2.09. The quantitative estimate of drug-likeness (QED) is 0.855. The summed E-state index contributed by atoms with van der Waals surface area (Å²) in [4.78, 5) is 17.8. The topological polar surface area (TPSA) is 45.8 Å². The lowest BCUT2D eigenvalue weighted by Gasteiger charge is -2.05. The van der Waals surface area contributed by atoms with Crippen molar-refractivity contribution in [1.29, 1.82) is 0 Å². The van der Waals surface area contributed by atoms with Crippen LogP contribution in [0.5, 0.6) is 0 Å². The van der Waals surface area contributed by atoms with Gasteiger partial charge in [0.25, 0.3) is 5.56 Å². The number of nitrogens with zero attached hydrogens (tertiary/aromatic N) is 1. The molecule has 0 radical (unpaired) electrons. The van der Waals surface area contributed by atoms with Crippen LogP contribution in [-0.4, -0.2) is 15.5 Å². The molecule has 2 aromatic rings. The summed E-state index contributed by atoms with van der Waals surface area (Å²) in [5.41, 5.74) is -4.04. The Bertz CT molecular complexity index is 592. The largest absolute Gasteiger partial charge is 0.446 e. The molecule has 0 saturated carbocycles. The number of aromatic nitrogens is 2. The van der Waals surface area contributed by atoms with Crippen molar-refractivity contribution in [3.8, 4) is 11.3 Å². The molecule has 94 valence electrons. The second-order valence-electron chi connectivity index (χ2n) is 3.34. The smallest absolute Gasteiger partial charge is 0.326 e. The van der Waals surface area contributed by atoms with E-state index in [2.05, 4.69) is 9.97 Å². The van der Waals surface area contributed by atoms with Crippen LogP contribution >= 0.6 is 11.8 Å². The van der Waals surface area contributed by atoms with E-state index in [0.29, 0.717) is 5.56 Å². The third kappa shape index (κ3) is 3.13. The maximum atomic E-state index is 12.1. The highest BCUT2D eigenvalue weighted by Crippen LogP contribution is 2.37. The highest BCUT2D eigenvalue weighted by Gasteiger charge is 2.29. The predicted octanol–water partition coefficient (Wildman–Crippen LogP) is 3.05. The zero-order valence-corrected chi connectivity index (χ0v) is 9.68. The molecule has 0 aliphatic carbocycles. The van der Waals surface area contributed by atoms with Gasteiger partial charge in [-0.05, 0) is 23.9 Å². The Labute approximate surface area is 104 Å². The van der Waals surface area contributed by atoms with Crippen molar-refractivity contribution in [2.24, 2.45) is 0 Å². The third-order valence-corrected chi connectivity index (χ3v) is 2.81. The zero-order chi connectivity index (χ0) is 13.2. The first-order valence-electron chi connectivity index (χ1n) is 4.85. The summed E-state index contributed by atoms with van der Waals surface area (Å²) in [6, 6.07) is 5.49. The van der Waals surface area contributed by atoms with Crippen molar-refractivity contribution in [1.82, 2.24) is 9.97 Å². The Morgan fingerprint density at radius 1 is 1.17 bits per heavy atom. The molecule has 18 heavy (non-hydrogen) atoms. The van der Waals surface area contributed by atoms with E-state index in [1.54, 1.807) is 0 Å². The number of benzene rings is 1. The molecule has 0 aliphatic rings. The first-order valence-corrected chi connectivity index (χ1v) is 5.67. The molecule has 1 N–H and O–H groups in total. The van der Waals surface area contributed by atoms with Gasteiger partial charge in [0, 0.05) is 22.9 Å². The lowest BCUT2D eigenvalue weighted by molar-refractivity contribution is -0.0328. The number of hydrogen-bond acceptors (Lipinski definition) is 3. The van der Waals surface area contributed by atoms with Crippen LogP contribution in [0.2, 0.25) is 0 Å². The Kier molecular flexibility index (Phi) is 3.42. The van der Waals surface area contributed by atoms with E-state index in [1.165, 1.54) is 36.7 Å². The summed E-state index contributed by atoms with van der Waals surface area (Å²) in [5, 5.41) is 0. The number of H-pyrrole nitrogens is 1. The van der Waals surface area contributed by atoms with Crippen LogP contribution in [0.1, 0.15) is 0 Å². The first kappa shape index (κ1) is 12.7. The minimum absolute atomic E-state index is 0.0682.